The second-order valence-electron chi connectivity index (χ2n) is 4.79. The molecule has 0 bridgehead atoms. The fourth-order valence-corrected chi connectivity index (χ4v) is 3.67. The van der Waals surface area contributed by atoms with Crippen molar-refractivity contribution < 1.29 is 0 Å². The van der Waals surface area contributed by atoms with E-state index in [4.69, 9.17) is 5.73 Å². The lowest BCUT2D eigenvalue weighted by molar-refractivity contribution is 1.11. The normalized spacial score (nSPS) is 10.9. The number of nitrogens with one attached hydrogen (secondary N) is 1. The van der Waals surface area contributed by atoms with Crippen LogP contribution >= 0.6 is 27.3 Å². The van der Waals surface area contributed by atoms with Crippen molar-refractivity contribution >= 4 is 33.1 Å². The van der Waals surface area contributed by atoms with Gasteiger partial charge in [0.2, 0.25) is 0 Å². The summed E-state index contributed by atoms with van der Waals surface area (Å²) in [6, 6.07) is 10.5. The number of nitrogen functional groups attached to an aromatic ring is 1. The molecule has 3 nitrogen and oxygen atoms in total. The average molecular weight is 348 g/mol. The number of hydrogen-bond donors (Lipinski definition) is 2. The highest BCUT2D eigenvalue weighted by Gasteiger charge is 2.17. The van der Waals surface area contributed by atoms with Gasteiger partial charge in [-0.1, -0.05) is 29.8 Å². The van der Waals surface area contributed by atoms with Crippen LogP contribution in [-0.4, -0.2) is 10.2 Å². The topological polar surface area (TPSA) is 54.7 Å². The van der Waals surface area contributed by atoms with E-state index in [0.29, 0.717) is 5.82 Å². The van der Waals surface area contributed by atoms with E-state index in [1.54, 1.807) is 11.3 Å². The first kappa shape index (κ1) is 13.4. The minimum atomic E-state index is 0.533. The molecule has 2 heterocycles. The van der Waals surface area contributed by atoms with Crippen LogP contribution < -0.4 is 5.73 Å². The van der Waals surface area contributed by atoms with E-state index in [0.717, 1.165) is 25.5 Å². The van der Waals surface area contributed by atoms with E-state index in [1.807, 2.05) is 0 Å². The number of aryl methyl sites for hydroxylation is 2. The van der Waals surface area contributed by atoms with Crippen LogP contribution in [0.4, 0.5) is 5.82 Å². The molecule has 5 heteroatoms. The van der Waals surface area contributed by atoms with E-state index in [2.05, 4.69) is 70.3 Å². The van der Waals surface area contributed by atoms with Crippen molar-refractivity contribution in [3.63, 3.8) is 0 Å². The molecule has 1 aromatic carbocycles. The molecular weight excluding hydrogens is 334 g/mol. The Morgan fingerprint density at radius 3 is 2.50 bits per heavy atom. The van der Waals surface area contributed by atoms with Gasteiger partial charge in [-0.15, -0.1) is 11.3 Å². The smallest absolute Gasteiger partial charge is 0.153 e. The lowest BCUT2D eigenvalue weighted by Gasteiger charge is -2.03. The number of aromatic nitrogens is 2. The number of anilines is 1. The molecule has 0 spiro atoms. The number of aromatic amines is 1. The van der Waals surface area contributed by atoms with Crippen LogP contribution in [0.25, 0.3) is 21.7 Å². The number of thiophene rings is 1. The first-order valence-corrected chi connectivity index (χ1v) is 7.84. The maximum Gasteiger partial charge on any atom is 0.153 e. The molecule has 3 rings (SSSR count). The fraction of sp³-hybridized carbons (Fsp3) is 0.133. The summed E-state index contributed by atoms with van der Waals surface area (Å²) in [4.78, 5) is 1.13. The van der Waals surface area contributed by atoms with E-state index < -0.39 is 0 Å². The minimum absolute atomic E-state index is 0.533. The van der Waals surface area contributed by atoms with Crippen LogP contribution in [0, 0.1) is 13.8 Å². The Labute approximate surface area is 130 Å². The Balaban J connectivity index is 2.16. The summed E-state index contributed by atoms with van der Waals surface area (Å²) in [5, 5.41) is 7.23. The molecular formula is C15H14BrN3S. The molecule has 102 valence electrons. The molecule has 0 aliphatic heterocycles. The van der Waals surface area contributed by atoms with Crippen molar-refractivity contribution in [3.8, 4) is 21.7 Å². The first-order valence-electron chi connectivity index (χ1n) is 6.23. The Bertz CT molecular complexity index is 737. The zero-order valence-electron chi connectivity index (χ0n) is 11.2. The number of halogens is 1. The third-order valence-corrected chi connectivity index (χ3v) is 5.39. The summed E-state index contributed by atoms with van der Waals surface area (Å²) in [5.41, 5.74) is 11.5. The number of H-pyrrole nitrogens is 1. The summed E-state index contributed by atoms with van der Waals surface area (Å²) in [6.45, 7) is 4.15. The van der Waals surface area contributed by atoms with Crippen molar-refractivity contribution in [2.75, 3.05) is 5.73 Å². The second-order valence-corrected chi connectivity index (χ2v) is 7.16. The standard InChI is InChI=1S/C15H14BrN3S/c1-8-3-5-10(6-4-8)12-13(18-19-15(12)17)11-7-9(2)14(16)20-11/h3-7H,1-2H3,(H3,17,18,19). The zero-order valence-corrected chi connectivity index (χ0v) is 13.6. The molecule has 0 aliphatic rings. The van der Waals surface area contributed by atoms with E-state index in [-0.39, 0.29) is 0 Å². The van der Waals surface area contributed by atoms with Gasteiger partial charge < -0.3 is 5.73 Å². The van der Waals surface area contributed by atoms with E-state index >= 15 is 0 Å². The minimum Gasteiger partial charge on any atom is -0.382 e. The van der Waals surface area contributed by atoms with Crippen molar-refractivity contribution in [2.45, 2.75) is 13.8 Å². The molecule has 0 amide bonds. The third kappa shape index (κ3) is 2.27. The molecule has 2 aromatic heterocycles. The van der Waals surface area contributed by atoms with Gasteiger partial charge in [-0.05, 0) is 47.0 Å². The SMILES string of the molecule is Cc1ccc(-c2c(N)n[nH]c2-c2cc(C)c(Br)s2)cc1. The maximum absolute atomic E-state index is 6.04. The van der Waals surface area contributed by atoms with Crippen LogP contribution in [-0.2, 0) is 0 Å². The van der Waals surface area contributed by atoms with Gasteiger partial charge >= 0.3 is 0 Å². The molecule has 0 atom stereocenters. The van der Waals surface area contributed by atoms with Gasteiger partial charge in [0.05, 0.1) is 19.9 Å². The first-order chi connectivity index (χ1) is 9.56. The van der Waals surface area contributed by atoms with Crippen LogP contribution in [0.1, 0.15) is 11.1 Å². The lowest BCUT2D eigenvalue weighted by atomic mass is 10.0. The molecule has 3 aromatic rings. The monoisotopic (exact) mass is 347 g/mol. The molecule has 20 heavy (non-hydrogen) atoms. The summed E-state index contributed by atoms with van der Waals surface area (Å²) < 4.78 is 1.13. The van der Waals surface area contributed by atoms with Crippen LogP contribution in [0.3, 0.4) is 0 Å². The number of hydrogen-bond acceptors (Lipinski definition) is 3. The maximum atomic E-state index is 6.04. The van der Waals surface area contributed by atoms with Gasteiger partial charge in [-0.2, -0.15) is 5.10 Å². The summed E-state index contributed by atoms with van der Waals surface area (Å²) in [6.07, 6.45) is 0. The van der Waals surface area contributed by atoms with Crippen LogP contribution in [0.2, 0.25) is 0 Å². The van der Waals surface area contributed by atoms with Gasteiger partial charge in [-0.3, -0.25) is 5.10 Å². The van der Waals surface area contributed by atoms with E-state index in [1.165, 1.54) is 11.1 Å². The van der Waals surface area contributed by atoms with Crippen LogP contribution in [0.15, 0.2) is 34.1 Å². The summed E-state index contributed by atoms with van der Waals surface area (Å²) in [5.74, 6) is 0.533. The number of nitrogens with two attached hydrogens (primary N) is 1. The largest absolute Gasteiger partial charge is 0.382 e. The van der Waals surface area contributed by atoms with Crippen molar-refractivity contribution in [1.82, 2.24) is 10.2 Å². The van der Waals surface area contributed by atoms with Crippen LogP contribution in [0.5, 0.6) is 0 Å². The van der Waals surface area contributed by atoms with Crippen molar-refractivity contribution in [2.24, 2.45) is 0 Å². The molecule has 0 fully saturated rings. The Morgan fingerprint density at radius 1 is 1.20 bits per heavy atom. The fourth-order valence-electron chi connectivity index (χ4n) is 2.13. The van der Waals surface area contributed by atoms with Crippen molar-refractivity contribution in [1.29, 1.82) is 0 Å². The summed E-state index contributed by atoms with van der Waals surface area (Å²) >= 11 is 5.25. The van der Waals surface area contributed by atoms with Gasteiger partial charge in [0, 0.05) is 0 Å². The second kappa shape index (κ2) is 5.07. The predicted molar refractivity (Wildman–Crippen MR) is 88.9 cm³/mol. The number of rotatable bonds is 2. The molecule has 0 aliphatic carbocycles. The van der Waals surface area contributed by atoms with Gasteiger partial charge in [0.25, 0.3) is 0 Å². The molecule has 3 N–H and O–H groups in total. The predicted octanol–water partition coefficient (Wildman–Crippen LogP) is 4.77. The van der Waals surface area contributed by atoms with E-state index in [9.17, 15) is 0 Å². The third-order valence-electron chi connectivity index (χ3n) is 3.24. The molecule has 0 unspecified atom stereocenters. The number of nitrogens with zero attached hydrogens (tertiary/aromatic N) is 1. The highest BCUT2D eigenvalue weighted by atomic mass is 79.9. The summed E-state index contributed by atoms with van der Waals surface area (Å²) in [7, 11) is 0. The highest BCUT2D eigenvalue weighted by molar-refractivity contribution is 9.11. The number of benzene rings is 1. The highest BCUT2D eigenvalue weighted by Crippen LogP contribution is 2.40. The van der Waals surface area contributed by atoms with Crippen molar-refractivity contribution in [3.05, 3.63) is 45.2 Å². The van der Waals surface area contributed by atoms with Gasteiger partial charge in [0.15, 0.2) is 5.82 Å². The quantitative estimate of drug-likeness (QED) is 0.701. The Kier molecular flexibility index (Phi) is 3.40. The molecule has 0 radical (unpaired) electrons. The Morgan fingerprint density at radius 2 is 1.90 bits per heavy atom. The molecule has 0 saturated heterocycles. The average Bonchev–Trinajstić information content (AvgIpc) is 2.95. The Hall–Kier alpha value is -1.59. The zero-order chi connectivity index (χ0) is 14.3. The molecule has 0 saturated carbocycles. The van der Waals surface area contributed by atoms with Gasteiger partial charge in [-0.25, -0.2) is 0 Å². The van der Waals surface area contributed by atoms with Gasteiger partial charge in [0.1, 0.15) is 0 Å². The lowest BCUT2D eigenvalue weighted by Crippen LogP contribution is -1.88.